The third-order valence-corrected chi connectivity index (χ3v) is 9.14. The van der Waals surface area contributed by atoms with E-state index < -0.39 is 10.0 Å². The molecule has 2 aromatic rings. The average molecular weight is 444 g/mol. The highest BCUT2D eigenvalue weighted by Crippen LogP contribution is 2.38. The molecule has 0 unspecified atom stereocenters. The number of amides is 1. The summed E-state index contributed by atoms with van der Waals surface area (Å²) in [5.41, 5.74) is 2.52. The summed E-state index contributed by atoms with van der Waals surface area (Å²) in [7, 11) is -3.63. The first-order valence-corrected chi connectivity index (χ1v) is 12.6. The SMILES string of the molecule is Cc1ccc(C(=O)Nc2sc3c(c2C#N)CCCC3)cc1S(=O)(=O)N1CCCCC1. The second-order valence-electron chi connectivity index (χ2n) is 7.93. The topological polar surface area (TPSA) is 90.3 Å². The lowest BCUT2D eigenvalue weighted by Crippen LogP contribution is -2.36. The number of fused-ring (bicyclic) bond motifs is 1. The van der Waals surface area contributed by atoms with Crippen molar-refractivity contribution in [1.82, 2.24) is 4.31 Å². The van der Waals surface area contributed by atoms with E-state index in [1.54, 1.807) is 19.1 Å². The van der Waals surface area contributed by atoms with E-state index in [1.807, 2.05) is 0 Å². The summed E-state index contributed by atoms with van der Waals surface area (Å²) in [5.74, 6) is -0.389. The zero-order chi connectivity index (χ0) is 21.3. The minimum absolute atomic E-state index is 0.183. The molecule has 0 bridgehead atoms. The molecule has 1 N–H and O–H groups in total. The van der Waals surface area contributed by atoms with Crippen LogP contribution in [-0.4, -0.2) is 31.7 Å². The van der Waals surface area contributed by atoms with Crippen LogP contribution in [0.2, 0.25) is 0 Å². The number of carbonyl (C=O) groups excluding carboxylic acids is 1. The quantitative estimate of drug-likeness (QED) is 0.765. The summed E-state index contributed by atoms with van der Waals surface area (Å²) >= 11 is 1.46. The Balaban J connectivity index is 1.62. The molecule has 2 heterocycles. The molecule has 1 fully saturated rings. The van der Waals surface area contributed by atoms with Crippen LogP contribution in [0.3, 0.4) is 0 Å². The van der Waals surface area contributed by atoms with Crippen LogP contribution < -0.4 is 5.32 Å². The van der Waals surface area contributed by atoms with E-state index in [-0.39, 0.29) is 16.4 Å². The summed E-state index contributed by atoms with van der Waals surface area (Å²) in [6.45, 7) is 2.79. The number of rotatable bonds is 4. The van der Waals surface area contributed by atoms with E-state index in [4.69, 9.17) is 0 Å². The predicted molar refractivity (Wildman–Crippen MR) is 117 cm³/mol. The van der Waals surface area contributed by atoms with Crippen LogP contribution in [0.15, 0.2) is 23.1 Å². The molecule has 1 aromatic carbocycles. The van der Waals surface area contributed by atoms with Crippen molar-refractivity contribution >= 4 is 32.3 Å². The van der Waals surface area contributed by atoms with Gasteiger partial charge in [0, 0.05) is 23.5 Å². The van der Waals surface area contributed by atoms with Gasteiger partial charge in [-0.1, -0.05) is 12.5 Å². The van der Waals surface area contributed by atoms with Crippen LogP contribution in [0.5, 0.6) is 0 Å². The maximum absolute atomic E-state index is 13.1. The number of aryl methyl sites for hydroxylation is 2. The minimum Gasteiger partial charge on any atom is -0.312 e. The normalized spacial score (nSPS) is 17.2. The number of hydrogen-bond donors (Lipinski definition) is 1. The molecule has 6 nitrogen and oxygen atoms in total. The van der Waals surface area contributed by atoms with Crippen LogP contribution in [0.1, 0.15) is 64.0 Å². The minimum atomic E-state index is -3.63. The third kappa shape index (κ3) is 3.89. The van der Waals surface area contributed by atoms with Crippen molar-refractivity contribution in [2.24, 2.45) is 0 Å². The van der Waals surface area contributed by atoms with Gasteiger partial charge in [-0.3, -0.25) is 4.79 Å². The Labute approximate surface area is 181 Å². The Hall–Kier alpha value is -2.21. The molecule has 158 valence electrons. The van der Waals surface area contributed by atoms with Gasteiger partial charge in [0.2, 0.25) is 10.0 Å². The van der Waals surface area contributed by atoms with Gasteiger partial charge in [0.05, 0.1) is 10.5 Å². The largest absolute Gasteiger partial charge is 0.312 e. The lowest BCUT2D eigenvalue weighted by molar-refractivity contribution is 0.102. The molecule has 0 spiro atoms. The van der Waals surface area contributed by atoms with E-state index in [9.17, 15) is 18.5 Å². The van der Waals surface area contributed by atoms with Crippen molar-refractivity contribution in [2.45, 2.75) is 56.8 Å². The maximum atomic E-state index is 13.1. The van der Waals surface area contributed by atoms with E-state index in [2.05, 4.69) is 11.4 Å². The predicted octanol–water partition coefficient (Wildman–Crippen LogP) is 4.23. The van der Waals surface area contributed by atoms with Crippen molar-refractivity contribution in [3.05, 3.63) is 45.3 Å². The van der Waals surface area contributed by atoms with Gasteiger partial charge < -0.3 is 5.32 Å². The van der Waals surface area contributed by atoms with Gasteiger partial charge in [0.25, 0.3) is 5.91 Å². The highest BCUT2D eigenvalue weighted by molar-refractivity contribution is 7.89. The molecule has 1 aliphatic carbocycles. The number of carbonyl (C=O) groups is 1. The fourth-order valence-corrected chi connectivity index (χ4v) is 7.21. The average Bonchev–Trinajstić information content (AvgIpc) is 3.11. The summed E-state index contributed by atoms with van der Waals surface area (Å²) in [4.78, 5) is 14.3. The molecule has 1 saturated heterocycles. The molecule has 1 amide bonds. The van der Waals surface area contributed by atoms with Gasteiger partial charge in [-0.25, -0.2) is 8.42 Å². The number of nitrogens with one attached hydrogen (secondary N) is 1. The number of thiophene rings is 1. The number of sulfonamides is 1. The first-order valence-electron chi connectivity index (χ1n) is 10.4. The fraction of sp³-hybridized carbons (Fsp3) is 0.455. The summed E-state index contributed by atoms with van der Waals surface area (Å²) < 4.78 is 27.8. The van der Waals surface area contributed by atoms with Crippen molar-refractivity contribution in [3.8, 4) is 6.07 Å². The number of piperidine rings is 1. The standard InChI is InChI=1S/C22H25N3O3S2/c1-15-9-10-16(13-20(15)30(27,28)25-11-5-2-6-12-25)21(26)24-22-18(14-23)17-7-3-4-8-19(17)29-22/h9-10,13H,2-8,11-12H2,1H3,(H,24,26). The molecule has 30 heavy (non-hydrogen) atoms. The van der Waals surface area contributed by atoms with E-state index >= 15 is 0 Å². The summed E-state index contributed by atoms with van der Waals surface area (Å²) in [6.07, 6.45) is 6.72. The monoisotopic (exact) mass is 443 g/mol. The van der Waals surface area contributed by atoms with E-state index in [0.29, 0.717) is 29.2 Å². The number of nitriles is 1. The number of nitrogens with zero attached hydrogens (tertiary/aromatic N) is 2. The van der Waals surface area contributed by atoms with Gasteiger partial charge >= 0.3 is 0 Å². The maximum Gasteiger partial charge on any atom is 0.256 e. The Morgan fingerprint density at radius 2 is 1.87 bits per heavy atom. The van der Waals surface area contributed by atoms with Crippen LogP contribution >= 0.6 is 11.3 Å². The molecule has 0 saturated carbocycles. The van der Waals surface area contributed by atoms with Crippen molar-refractivity contribution in [1.29, 1.82) is 5.26 Å². The highest BCUT2D eigenvalue weighted by atomic mass is 32.2. The lowest BCUT2D eigenvalue weighted by Gasteiger charge is -2.26. The van der Waals surface area contributed by atoms with Crippen LogP contribution in [-0.2, 0) is 22.9 Å². The smallest absolute Gasteiger partial charge is 0.256 e. The molecule has 0 radical (unpaired) electrons. The van der Waals surface area contributed by atoms with Crippen molar-refractivity contribution < 1.29 is 13.2 Å². The van der Waals surface area contributed by atoms with Crippen LogP contribution in [0.4, 0.5) is 5.00 Å². The molecule has 1 aromatic heterocycles. The molecule has 2 aliphatic rings. The number of hydrogen-bond acceptors (Lipinski definition) is 5. The highest BCUT2D eigenvalue weighted by Gasteiger charge is 2.28. The van der Waals surface area contributed by atoms with Gasteiger partial charge in [-0.15, -0.1) is 11.3 Å². The lowest BCUT2D eigenvalue weighted by atomic mass is 9.96. The molecule has 0 atom stereocenters. The number of anilines is 1. The zero-order valence-electron chi connectivity index (χ0n) is 17.0. The van der Waals surface area contributed by atoms with Crippen molar-refractivity contribution in [2.75, 3.05) is 18.4 Å². The Morgan fingerprint density at radius 1 is 1.13 bits per heavy atom. The Bertz CT molecular complexity index is 1120. The number of benzene rings is 1. The van der Waals surface area contributed by atoms with E-state index in [0.717, 1.165) is 50.5 Å². The van der Waals surface area contributed by atoms with Gasteiger partial charge in [-0.05, 0) is 68.7 Å². The van der Waals surface area contributed by atoms with Crippen LogP contribution in [0, 0.1) is 18.3 Å². The molecule has 1 aliphatic heterocycles. The third-order valence-electron chi connectivity index (χ3n) is 5.89. The van der Waals surface area contributed by atoms with Crippen molar-refractivity contribution in [3.63, 3.8) is 0 Å². The van der Waals surface area contributed by atoms with Gasteiger partial charge in [0.1, 0.15) is 11.1 Å². The van der Waals surface area contributed by atoms with Gasteiger partial charge in [-0.2, -0.15) is 9.57 Å². The molecule has 8 heteroatoms. The Kier molecular flexibility index (Phi) is 5.96. The first kappa shape index (κ1) is 21.0. The summed E-state index contributed by atoms with van der Waals surface area (Å²) in [6, 6.07) is 7.02. The Morgan fingerprint density at radius 3 is 2.60 bits per heavy atom. The molecular formula is C22H25N3O3S2. The summed E-state index contributed by atoms with van der Waals surface area (Å²) in [5, 5.41) is 13.0. The van der Waals surface area contributed by atoms with E-state index in [1.165, 1.54) is 26.6 Å². The second kappa shape index (κ2) is 8.50. The molecular weight excluding hydrogens is 418 g/mol. The first-order chi connectivity index (χ1) is 14.4. The van der Waals surface area contributed by atoms with Crippen LogP contribution in [0.25, 0.3) is 0 Å². The molecule has 4 rings (SSSR count). The van der Waals surface area contributed by atoms with Gasteiger partial charge in [0.15, 0.2) is 0 Å². The zero-order valence-corrected chi connectivity index (χ0v) is 18.7. The second-order valence-corrected chi connectivity index (χ2v) is 10.9. The fourth-order valence-electron chi connectivity index (χ4n) is 4.21.